The highest BCUT2D eigenvalue weighted by atomic mass is 16.5. The van der Waals surface area contributed by atoms with Crippen LogP contribution in [0.3, 0.4) is 0 Å². The van der Waals surface area contributed by atoms with E-state index in [9.17, 15) is 14.4 Å². The second-order valence-electron chi connectivity index (χ2n) is 11.9. The fourth-order valence-electron chi connectivity index (χ4n) is 6.33. The van der Waals surface area contributed by atoms with E-state index in [2.05, 4.69) is 33.0 Å². The Bertz CT molecular complexity index is 1230. The molecule has 0 unspecified atom stereocenters. The van der Waals surface area contributed by atoms with Crippen LogP contribution in [0.2, 0.25) is 0 Å². The molecule has 3 heterocycles. The molecule has 1 spiro atoms. The third-order valence-electron chi connectivity index (χ3n) is 8.90. The van der Waals surface area contributed by atoms with Crippen molar-refractivity contribution >= 4 is 17.7 Å². The zero-order valence-electron chi connectivity index (χ0n) is 24.8. The summed E-state index contributed by atoms with van der Waals surface area (Å²) in [6, 6.07) is 18.7. The Balaban J connectivity index is 1.22. The average molecular weight is 589 g/mol. The van der Waals surface area contributed by atoms with Crippen molar-refractivity contribution in [2.45, 2.75) is 50.6 Å². The topological polar surface area (TPSA) is 109 Å². The molecule has 0 saturated carbocycles. The number of ether oxygens (including phenoxy) is 2. The lowest BCUT2D eigenvalue weighted by Crippen LogP contribution is -2.58. The van der Waals surface area contributed by atoms with Gasteiger partial charge in [-0.2, -0.15) is 0 Å². The quantitative estimate of drug-likeness (QED) is 0.323. The summed E-state index contributed by atoms with van der Waals surface area (Å²) in [5.41, 5.74) is 0.422. The number of rotatable bonds is 8. The SMILES string of the molecule is O=C(CN1CC[C@H]2NC(=O)[C@@H](Cc3ccccc3)NC(=O)C3(CC=CC[C@H]2C1)CCOCC3)NCCOc1ccccc1. The van der Waals surface area contributed by atoms with Crippen molar-refractivity contribution in [2.75, 3.05) is 46.0 Å². The summed E-state index contributed by atoms with van der Waals surface area (Å²) in [5.74, 6) is 0.688. The Morgan fingerprint density at radius 1 is 1.00 bits per heavy atom. The molecule has 0 radical (unpaired) electrons. The van der Waals surface area contributed by atoms with Crippen molar-refractivity contribution in [3.8, 4) is 5.75 Å². The van der Waals surface area contributed by atoms with E-state index < -0.39 is 11.5 Å². The maximum absolute atomic E-state index is 13.8. The van der Waals surface area contributed by atoms with Gasteiger partial charge in [0, 0.05) is 38.8 Å². The van der Waals surface area contributed by atoms with Gasteiger partial charge in [0.05, 0.1) is 18.5 Å². The zero-order chi connectivity index (χ0) is 29.9. The normalized spacial score (nSPS) is 24.5. The summed E-state index contributed by atoms with van der Waals surface area (Å²) in [5, 5.41) is 9.40. The third-order valence-corrected chi connectivity index (χ3v) is 8.90. The Kier molecular flexibility index (Phi) is 10.8. The van der Waals surface area contributed by atoms with Crippen LogP contribution in [0.5, 0.6) is 5.75 Å². The molecule has 230 valence electrons. The second kappa shape index (κ2) is 15.2. The second-order valence-corrected chi connectivity index (χ2v) is 11.9. The Morgan fingerprint density at radius 2 is 1.74 bits per heavy atom. The maximum Gasteiger partial charge on any atom is 0.243 e. The summed E-state index contributed by atoms with van der Waals surface area (Å²) in [4.78, 5) is 42.4. The molecule has 0 aliphatic carbocycles. The van der Waals surface area contributed by atoms with Gasteiger partial charge >= 0.3 is 0 Å². The number of piperidine rings is 1. The van der Waals surface area contributed by atoms with Crippen molar-refractivity contribution in [1.82, 2.24) is 20.9 Å². The standard InChI is InChI=1S/C34H44N4O5/c39-31(35-18-22-43-28-12-5-2-6-13-28)25-38-19-14-29-27(24-38)11-7-8-15-34(16-20-42-21-17-34)33(41)37-30(32(40)36-29)23-26-9-3-1-4-10-26/h1-10,12-13,27,29-30H,11,14-25H2,(H,35,39)(H,36,40)(H,37,41)/t27-,29+,30+/m0/s1. The minimum absolute atomic E-state index is 0.0325. The number of likely N-dealkylation sites (tertiary alicyclic amines) is 1. The number of carbonyl (C=O) groups is 3. The third kappa shape index (κ3) is 8.67. The van der Waals surface area contributed by atoms with Gasteiger partial charge in [0.15, 0.2) is 0 Å². The highest BCUT2D eigenvalue weighted by Crippen LogP contribution is 2.36. The van der Waals surface area contributed by atoms with Crippen LogP contribution in [0.25, 0.3) is 0 Å². The predicted molar refractivity (Wildman–Crippen MR) is 164 cm³/mol. The fourth-order valence-corrected chi connectivity index (χ4v) is 6.33. The van der Waals surface area contributed by atoms with E-state index in [1.165, 1.54) is 0 Å². The van der Waals surface area contributed by atoms with Crippen LogP contribution in [0, 0.1) is 11.3 Å². The van der Waals surface area contributed by atoms with Crippen molar-refractivity contribution < 1.29 is 23.9 Å². The van der Waals surface area contributed by atoms with E-state index in [-0.39, 0.29) is 29.7 Å². The molecule has 9 heteroatoms. The lowest BCUT2D eigenvalue weighted by atomic mass is 9.75. The van der Waals surface area contributed by atoms with E-state index in [1.54, 1.807) is 0 Å². The Hall–Kier alpha value is -3.69. The van der Waals surface area contributed by atoms with Gasteiger partial charge in [-0.15, -0.1) is 0 Å². The summed E-state index contributed by atoms with van der Waals surface area (Å²) < 4.78 is 11.3. The molecule has 3 amide bonds. The molecule has 0 aromatic heterocycles. The van der Waals surface area contributed by atoms with Gasteiger partial charge < -0.3 is 25.4 Å². The molecule has 9 nitrogen and oxygen atoms in total. The van der Waals surface area contributed by atoms with Crippen LogP contribution in [0.15, 0.2) is 72.8 Å². The van der Waals surface area contributed by atoms with Gasteiger partial charge in [-0.25, -0.2) is 0 Å². The van der Waals surface area contributed by atoms with E-state index in [0.717, 1.165) is 24.2 Å². The van der Waals surface area contributed by atoms with E-state index in [1.807, 2.05) is 60.7 Å². The molecule has 43 heavy (non-hydrogen) atoms. The Morgan fingerprint density at radius 3 is 2.51 bits per heavy atom. The highest BCUT2D eigenvalue weighted by Gasteiger charge is 2.41. The maximum atomic E-state index is 13.8. The minimum Gasteiger partial charge on any atom is -0.492 e. The molecule has 3 aliphatic heterocycles. The smallest absolute Gasteiger partial charge is 0.243 e. The van der Waals surface area contributed by atoms with Crippen molar-refractivity contribution in [2.24, 2.45) is 11.3 Å². The molecule has 5 rings (SSSR count). The lowest BCUT2D eigenvalue weighted by molar-refractivity contribution is -0.140. The summed E-state index contributed by atoms with van der Waals surface area (Å²) in [6.07, 6.45) is 8.11. The van der Waals surface area contributed by atoms with Crippen LogP contribution in [0.1, 0.15) is 37.7 Å². The number of nitrogens with one attached hydrogen (secondary N) is 3. The number of hydrogen-bond acceptors (Lipinski definition) is 6. The number of para-hydroxylation sites is 1. The predicted octanol–water partition coefficient (Wildman–Crippen LogP) is 2.86. The zero-order valence-corrected chi connectivity index (χ0v) is 24.8. The summed E-state index contributed by atoms with van der Waals surface area (Å²) >= 11 is 0. The molecule has 3 aliphatic rings. The van der Waals surface area contributed by atoms with Crippen molar-refractivity contribution in [3.05, 3.63) is 78.4 Å². The first-order valence-electron chi connectivity index (χ1n) is 15.6. The van der Waals surface area contributed by atoms with Gasteiger partial charge in [-0.05, 0) is 55.7 Å². The van der Waals surface area contributed by atoms with Gasteiger partial charge in [-0.1, -0.05) is 60.7 Å². The fraction of sp³-hybridized carbons (Fsp3) is 0.500. The van der Waals surface area contributed by atoms with Crippen LogP contribution >= 0.6 is 0 Å². The number of amides is 3. The van der Waals surface area contributed by atoms with Gasteiger partial charge in [0.1, 0.15) is 18.4 Å². The Labute approximate surface area is 254 Å². The van der Waals surface area contributed by atoms with Crippen LogP contribution in [-0.4, -0.2) is 80.7 Å². The van der Waals surface area contributed by atoms with Crippen molar-refractivity contribution in [1.29, 1.82) is 0 Å². The minimum atomic E-state index is -0.666. The van der Waals surface area contributed by atoms with Crippen LogP contribution in [-0.2, 0) is 25.5 Å². The number of benzene rings is 2. The molecule has 0 bridgehead atoms. The van der Waals surface area contributed by atoms with Crippen LogP contribution in [0.4, 0.5) is 0 Å². The molecular weight excluding hydrogens is 544 g/mol. The van der Waals surface area contributed by atoms with Gasteiger partial charge in [0.25, 0.3) is 0 Å². The first-order valence-corrected chi connectivity index (χ1v) is 15.6. The molecule has 2 aromatic rings. The van der Waals surface area contributed by atoms with E-state index >= 15 is 0 Å². The molecule has 3 N–H and O–H groups in total. The summed E-state index contributed by atoms with van der Waals surface area (Å²) in [6.45, 7) is 3.64. The lowest BCUT2D eigenvalue weighted by Gasteiger charge is -2.40. The van der Waals surface area contributed by atoms with E-state index in [0.29, 0.717) is 71.7 Å². The average Bonchev–Trinajstić information content (AvgIpc) is 3.03. The monoisotopic (exact) mass is 588 g/mol. The molecule has 3 atom stereocenters. The molecule has 2 fully saturated rings. The number of fused-ring (bicyclic) bond motifs is 1. The molecular formula is C34H44N4O5. The number of allylic oxidation sites excluding steroid dienone is 2. The van der Waals surface area contributed by atoms with Gasteiger partial charge in [0.2, 0.25) is 17.7 Å². The summed E-state index contributed by atoms with van der Waals surface area (Å²) in [7, 11) is 0. The van der Waals surface area contributed by atoms with E-state index in [4.69, 9.17) is 9.47 Å². The first-order chi connectivity index (χ1) is 21.0. The number of carbonyl (C=O) groups excluding carboxylic acids is 3. The largest absolute Gasteiger partial charge is 0.492 e. The van der Waals surface area contributed by atoms with Crippen LogP contribution < -0.4 is 20.7 Å². The first kappa shape index (κ1) is 30.8. The van der Waals surface area contributed by atoms with Gasteiger partial charge in [-0.3, -0.25) is 19.3 Å². The number of hydrogen-bond donors (Lipinski definition) is 3. The molecule has 2 saturated heterocycles. The highest BCUT2D eigenvalue weighted by molar-refractivity contribution is 5.90. The number of nitrogens with zero attached hydrogens (tertiary/aromatic N) is 1. The van der Waals surface area contributed by atoms with Crippen molar-refractivity contribution in [3.63, 3.8) is 0 Å². The molecule has 2 aromatic carbocycles.